The summed E-state index contributed by atoms with van der Waals surface area (Å²) < 4.78 is 11.0. The van der Waals surface area contributed by atoms with Crippen LogP contribution in [0.5, 0.6) is 5.75 Å². The number of ether oxygens (including phenoxy) is 2. The number of hydrogen-bond acceptors (Lipinski definition) is 3. The number of amides is 1. The van der Waals surface area contributed by atoms with Crippen LogP contribution in [0.1, 0.15) is 5.56 Å². The summed E-state index contributed by atoms with van der Waals surface area (Å²) in [5, 5.41) is 2.51. The molecule has 0 atom stereocenters. The van der Waals surface area contributed by atoms with Gasteiger partial charge in [0.1, 0.15) is 5.75 Å². The zero-order valence-electron chi connectivity index (χ0n) is 9.70. The van der Waals surface area contributed by atoms with Crippen LogP contribution in [0.4, 0.5) is 0 Å². The number of benzene rings is 1. The molecule has 0 saturated heterocycles. The van der Waals surface area contributed by atoms with E-state index in [0.717, 1.165) is 10.0 Å². The van der Waals surface area contributed by atoms with Crippen molar-refractivity contribution in [1.29, 1.82) is 0 Å². The number of hydrogen-bond donors (Lipinski definition) is 1. The van der Waals surface area contributed by atoms with Gasteiger partial charge in [-0.2, -0.15) is 0 Å². The normalized spacial score (nSPS) is 10.5. The molecule has 4 nitrogen and oxygen atoms in total. The minimum absolute atomic E-state index is 0.146. The number of halogens is 1. The Bertz CT molecular complexity index is 418. The molecular formula is C12H14BrNO3. The SMILES string of the molecule is CNC(=O)/C=C/c1ccc(Br)c(OCOC)c1. The Hall–Kier alpha value is -1.33. The number of carbonyl (C=O) groups excluding carboxylic acids is 1. The first-order valence-electron chi connectivity index (χ1n) is 4.98. The summed E-state index contributed by atoms with van der Waals surface area (Å²) in [6, 6.07) is 5.56. The van der Waals surface area contributed by atoms with E-state index in [1.54, 1.807) is 20.2 Å². The molecule has 0 unspecified atom stereocenters. The Morgan fingerprint density at radius 3 is 2.94 bits per heavy atom. The molecule has 0 aliphatic heterocycles. The maximum Gasteiger partial charge on any atom is 0.243 e. The molecule has 0 bridgehead atoms. The third kappa shape index (κ3) is 4.58. The lowest BCUT2D eigenvalue weighted by atomic mass is 10.2. The predicted molar refractivity (Wildman–Crippen MR) is 69.7 cm³/mol. The standard InChI is InChI=1S/C12H14BrNO3/c1-14-12(15)6-4-9-3-5-10(13)11(7-9)17-8-16-2/h3-7H,8H2,1-2H3,(H,14,15)/b6-4+. The third-order valence-electron chi connectivity index (χ3n) is 1.96. The molecule has 0 aliphatic carbocycles. The molecule has 1 aromatic rings. The van der Waals surface area contributed by atoms with Crippen LogP contribution in [-0.4, -0.2) is 26.9 Å². The number of likely N-dealkylation sites (N-methyl/N-ethyl adjacent to an activating group) is 1. The van der Waals surface area contributed by atoms with Gasteiger partial charge in [0.25, 0.3) is 0 Å². The van der Waals surface area contributed by atoms with Crippen molar-refractivity contribution in [2.75, 3.05) is 21.0 Å². The highest BCUT2D eigenvalue weighted by atomic mass is 79.9. The molecule has 0 radical (unpaired) electrons. The maximum absolute atomic E-state index is 11.1. The van der Waals surface area contributed by atoms with Crippen LogP contribution in [0.15, 0.2) is 28.7 Å². The van der Waals surface area contributed by atoms with E-state index < -0.39 is 0 Å². The minimum Gasteiger partial charge on any atom is -0.466 e. The molecule has 1 rings (SSSR count). The smallest absolute Gasteiger partial charge is 0.243 e. The van der Waals surface area contributed by atoms with E-state index in [2.05, 4.69) is 21.2 Å². The van der Waals surface area contributed by atoms with Crippen molar-refractivity contribution in [3.05, 3.63) is 34.3 Å². The van der Waals surface area contributed by atoms with E-state index in [9.17, 15) is 4.79 Å². The van der Waals surface area contributed by atoms with Gasteiger partial charge in [0.2, 0.25) is 5.91 Å². The Morgan fingerprint density at radius 1 is 1.53 bits per heavy atom. The van der Waals surface area contributed by atoms with E-state index in [4.69, 9.17) is 9.47 Å². The summed E-state index contributed by atoms with van der Waals surface area (Å²) in [5.74, 6) is 0.526. The molecular weight excluding hydrogens is 286 g/mol. The Labute approximate surface area is 109 Å². The average molecular weight is 300 g/mol. The first-order chi connectivity index (χ1) is 8.17. The second-order valence-electron chi connectivity index (χ2n) is 3.19. The predicted octanol–water partition coefficient (Wildman–Crippen LogP) is 2.19. The molecule has 0 aromatic heterocycles. The van der Waals surface area contributed by atoms with Crippen LogP contribution < -0.4 is 10.1 Å². The summed E-state index contributed by atoms with van der Waals surface area (Å²) in [4.78, 5) is 11.1. The van der Waals surface area contributed by atoms with Crippen molar-refractivity contribution >= 4 is 27.9 Å². The van der Waals surface area contributed by atoms with Crippen LogP contribution in [0.3, 0.4) is 0 Å². The Kier molecular flexibility index (Phi) is 5.72. The summed E-state index contributed by atoms with van der Waals surface area (Å²) in [6.45, 7) is 0.182. The minimum atomic E-state index is -0.146. The van der Waals surface area contributed by atoms with Gasteiger partial charge in [-0.05, 0) is 39.7 Å². The van der Waals surface area contributed by atoms with Crippen LogP contribution >= 0.6 is 15.9 Å². The molecule has 1 amide bonds. The highest BCUT2D eigenvalue weighted by Gasteiger charge is 2.01. The molecule has 0 aliphatic rings. The quantitative estimate of drug-likeness (QED) is 0.670. The fourth-order valence-corrected chi connectivity index (χ4v) is 1.47. The average Bonchev–Trinajstić information content (AvgIpc) is 2.35. The van der Waals surface area contributed by atoms with Crippen molar-refractivity contribution < 1.29 is 14.3 Å². The van der Waals surface area contributed by atoms with Gasteiger partial charge < -0.3 is 14.8 Å². The van der Waals surface area contributed by atoms with Crippen molar-refractivity contribution in [2.24, 2.45) is 0 Å². The maximum atomic E-state index is 11.1. The molecule has 0 heterocycles. The molecule has 1 aromatic carbocycles. The molecule has 17 heavy (non-hydrogen) atoms. The second-order valence-corrected chi connectivity index (χ2v) is 4.04. The lowest BCUT2D eigenvalue weighted by molar-refractivity contribution is -0.115. The van der Waals surface area contributed by atoms with Crippen LogP contribution in [-0.2, 0) is 9.53 Å². The summed E-state index contributed by atoms with van der Waals surface area (Å²) >= 11 is 3.37. The van der Waals surface area contributed by atoms with Gasteiger partial charge in [-0.15, -0.1) is 0 Å². The zero-order chi connectivity index (χ0) is 12.7. The topological polar surface area (TPSA) is 47.6 Å². The molecule has 0 fully saturated rings. The largest absolute Gasteiger partial charge is 0.466 e. The van der Waals surface area contributed by atoms with Gasteiger partial charge in [-0.25, -0.2) is 0 Å². The van der Waals surface area contributed by atoms with E-state index in [-0.39, 0.29) is 12.7 Å². The first-order valence-corrected chi connectivity index (χ1v) is 5.77. The van der Waals surface area contributed by atoms with Gasteiger partial charge in [-0.1, -0.05) is 6.07 Å². The highest BCUT2D eigenvalue weighted by molar-refractivity contribution is 9.10. The lowest BCUT2D eigenvalue weighted by Crippen LogP contribution is -2.13. The molecule has 0 spiro atoms. The Balaban J connectivity index is 2.80. The molecule has 92 valence electrons. The number of rotatable bonds is 5. The van der Waals surface area contributed by atoms with Crippen LogP contribution in [0.2, 0.25) is 0 Å². The van der Waals surface area contributed by atoms with E-state index in [1.165, 1.54) is 6.08 Å². The van der Waals surface area contributed by atoms with E-state index in [0.29, 0.717) is 5.75 Å². The van der Waals surface area contributed by atoms with Gasteiger partial charge in [0.15, 0.2) is 6.79 Å². The lowest BCUT2D eigenvalue weighted by Gasteiger charge is -2.07. The van der Waals surface area contributed by atoms with Crippen molar-refractivity contribution in [3.63, 3.8) is 0 Å². The van der Waals surface area contributed by atoms with Crippen molar-refractivity contribution in [1.82, 2.24) is 5.32 Å². The summed E-state index contributed by atoms with van der Waals surface area (Å²) in [7, 11) is 3.14. The van der Waals surface area contributed by atoms with Crippen LogP contribution in [0.25, 0.3) is 6.08 Å². The molecule has 5 heteroatoms. The van der Waals surface area contributed by atoms with Gasteiger partial charge >= 0.3 is 0 Å². The van der Waals surface area contributed by atoms with E-state index >= 15 is 0 Å². The number of carbonyl (C=O) groups is 1. The highest BCUT2D eigenvalue weighted by Crippen LogP contribution is 2.26. The zero-order valence-corrected chi connectivity index (χ0v) is 11.3. The summed E-state index contributed by atoms with van der Waals surface area (Å²) in [6.07, 6.45) is 3.17. The molecule has 0 saturated carbocycles. The fraction of sp³-hybridized carbons (Fsp3) is 0.250. The summed E-state index contributed by atoms with van der Waals surface area (Å²) in [5.41, 5.74) is 0.878. The first kappa shape index (κ1) is 13.7. The van der Waals surface area contributed by atoms with Gasteiger partial charge in [0.05, 0.1) is 4.47 Å². The van der Waals surface area contributed by atoms with Crippen molar-refractivity contribution in [2.45, 2.75) is 0 Å². The van der Waals surface area contributed by atoms with Crippen molar-refractivity contribution in [3.8, 4) is 5.75 Å². The Morgan fingerprint density at radius 2 is 2.29 bits per heavy atom. The number of methoxy groups -OCH3 is 1. The van der Waals surface area contributed by atoms with Gasteiger partial charge in [0, 0.05) is 20.2 Å². The monoisotopic (exact) mass is 299 g/mol. The van der Waals surface area contributed by atoms with E-state index in [1.807, 2.05) is 18.2 Å². The fourth-order valence-electron chi connectivity index (χ4n) is 1.11. The number of nitrogens with one attached hydrogen (secondary N) is 1. The second kappa shape index (κ2) is 7.09. The molecule has 1 N–H and O–H groups in total. The van der Waals surface area contributed by atoms with Gasteiger partial charge in [-0.3, -0.25) is 4.79 Å². The third-order valence-corrected chi connectivity index (χ3v) is 2.62. The van der Waals surface area contributed by atoms with Crippen LogP contribution in [0, 0.1) is 0 Å².